The predicted molar refractivity (Wildman–Crippen MR) is 99.5 cm³/mol. The predicted octanol–water partition coefficient (Wildman–Crippen LogP) is 2.55. The molecule has 2 aliphatic rings. The minimum Gasteiger partial charge on any atom is -0.374 e. The Kier molecular flexibility index (Phi) is 5.42. The number of carbonyl (C=O) groups is 1. The lowest BCUT2D eigenvalue weighted by Crippen LogP contribution is -2.54. The van der Waals surface area contributed by atoms with Crippen LogP contribution in [0.2, 0.25) is 0 Å². The second-order valence-corrected chi connectivity index (χ2v) is 9.82. The molecule has 1 aliphatic heterocycles. The van der Waals surface area contributed by atoms with E-state index < -0.39 is 15.6 Å². The Morgan fingerprint density at radius 1 is 1.15 bits per heavy atom. The first-order valence-corrected chi connectivity index (χ1v) is 10.7. The molecular formula is C19H28N2O4S. The molecule has 0 radical (unpaired) electrons. The Hall–Kier alpha value is -1.44. The van der Waals surface area contributed by atoms with Gasteiger partial charge >= 0.3 is 0 Å². The fraction of sp³-hybridized carbons (Fsp3) is 0.632. The topological polar surface area (TPSA) is 75.7 Å². The first-order valence-electron chi connectivity index (χ1n) is 9.24. The van der Waals surface area contributed by atoms with E-state index >= 15 is 0 Å². The smallest absolute Gasteiger partial charge is 0.254 e. The molecule has 3 rings (SSSR count). The van der Waals surface area contributed by atoms with Crippen molar-refractivity contribution in [2.45, 2.75) is 69.0 Å². The highest BCUT2D eigenvalue weighted by molar-refractivity contribution is 7.89. The van der Waals surface area contributed by atoms with Gasteiger partial charge in [-0.25, -0.2) is 13.1 Å². The van der Waals surface area contributed by atoms with Crippen LogP contribution in [-0.2, 0) is 14.8 Å². The SMILES string of the molecule is CC(C)(C)NS(=O)(=O)c1ccc(C(=O)N2CCOC3CCCCC32)cc1. The van der Waals surface area contributed by atoms with E-state index in [-0.39, 0.29) is 22.9 Å². The molecule has 1 saturated carbocycles. The van der Waals surface area contributed by atoms with Gasteiger partial charge in [0.1, 0.15) is 0 Å². The number of nitrogens with zero attached hydrogens (tertiary/aromatic N) is 1. The first-order chi connectivity index (χ1) is 12.2. The fourth-order valence-corrected chi connectivity index (χ4v) is 5.17. The second-order valence-electron chi connectivity index (χ2n) is 8.14. The molecule has 1 saturated heterocycles. The van der Waals surface area contributed by atoms with E-state index in [1.165, 1.54) is 12.1 Å². The second kappa shape index (κ2) is 7.29. The van der Waals surface area contributed by atoms with E-state index in [1.54, 1.807) is 32.9 Å². The maximum absolute atomic E-state index is 12.9. The van der Waals surface area contributed by atoms with Crippen LogP contribution in [0.1, 0.15) is 56.8 Å². The highest BCUT2D eigenvalue weighted by Crippen LogP contribution is 2.29. The lowest BCUT2D eigenvalue weighted by atomic mass is 9.89. The fourth-order valence-electron chi connectivity index (χ4n) is 3.75. The van der Waals surface area contributed by atoms with Crippen LogP contribution in [0.15, 0.2) is 29.2 Å². The zero-order chi connectivity index (χ0) is 18.9. The van der Waals surface area contributed by atoms with Crippen molar-refractivity contribution in [2.75, 3.05) is 13.2 Å². The largest absolute Gasteiger partial charge is 0.374 e. The van der Waals surface area contributed by atoms with Crippen molar-refractivity contribution in [2.24, 2.45) is 0 Å². The highest BCUT2D eigenvalue weighted by atomic mass is 32.2. The molecule has 144 valence electrons. The standard InChI is InChI=1S/C19H28N2O4S/c1-19(2,3)20-26(23,24)15-10-8-14(9-11-15)18(22)21-12-13-25-17-7-5-4-6-16(17)21/h8-11,16-17,20H,4-7,12-13H2,1-3H3. The van der Waals surface area contributed by atoms with Crippen molar-refractivity contribution >= 4 is 15.9 Å². The minimum atomic E-state index is -3.60. The van der Waals surface area contributed by atoms with Gasteiger partial charge in [0.15, 0.2) is 0 Å². The summed E-state index contributed by atoms with van der Waals surface area (Å²) in [5, 5.41) is 0. The van der Waals surface area contributed by atoms with Crippen molar-refractivity contribution in [3.05, 3.63) is 29.8 Å². The molecule has 1 aromatic rings. The zero-order valence-corrected chi connectivity index (χ0v) is 16.5. The molecule has 2 fully saturated rings. The number of hydrogen-bond donors (Lipinski definition) is 1. The van der Waals surface area contributed by atoms with Gasteiger partial charge in [-0.3, -0.25) is 4.79 Å². The summed E-state index contributed by atoms with van der Waals surface area (Å²) in [6, 6.07) is 6.34. The molecule has 1 heterocycles. The lowest BCUT2D eigenvalue weighted by molar-refractivity contribution is -0.0752. The van der Waals surface area contributed by atoms with Gasteiger partial charge in [-0.15, -0.1) is 0 Å². The van der Waals surface area contributed by atoms with Gasteiger partial charge in [0.05, 0.1) is 23.6 Å². The van der Waals surface area contributed by atoms with Crippen molar-refractivity contribution in [3.63, 3.8) is 0 Å². The Morgan fingerprint density at radius 2 is 1.81 bits per heavy atom. The van der Waals surface area contributed by atoms with E-state index in [0.717, 1.165) is 25.7 Å². The van der Waals surface area contributed by atoms with Gasteiger partial charge < -0.3 is 9.64 Å². The van der Waals surface area contributed by atoms with E-state index in [1.807, 2.05) is 4.90 Å². The summed E-state index contributed by atoms with van der Waals surface area (Å²) in [5.41, 5.74) is -0.0390. The maximum Gasteiger partial charge on any atom is 0.254 e. The molecule has 1 aliphatic carbocycles. The van der Waals surface area contributed by atoms with Crippen molar-refractivity contribution in [1.29, 1.82) is 0 Å². The molecule has 1 aromatic carbocycles. The van der Waals surface area contributed by atoms with Crippen LogP contribution in [0, 0.1) is 0 Å². The Labute approximate surface area is 156 Å². The number of hydrogen-bond acceptors (Lipinski definition) is 4. The number of benzene rings is 1. The summed E-state index contributed by atoms with van der Waals surface area (Å²) >= 11 is 0. The Morgan fingerprint density at radius 3 is 2.46 bits per heavy atom. The van der Waals surface area contributed by atoms with Gasteiger partial charge in [-0.05, 0) is 57.9 Å². The average molecular weight is 381 g/mol. The third kappa shape index (κ3) is 4.27. The number of morpholine rings is 1. The molecule has 0 spiro atoms. The number of rotatable bonds is 3. The van der Waals surface area contributed by atoms with Gasteiger partial charge in [0.2, 0.25) is 10.0 Å². The molecule has 2 atom stereocenters. The van der Waals surface area contributed by atoms with Crippen LogP contribution in [-0.4, -0.2) is 50.1 Å². The maximum atomic E-state index is 12.9. The quantitative estimate of drug-likeness (QED) is 0.874. The third-order valence-electron chi connectivity index (χ3n) is 4.85. The summed E-state index contributed by atoms with van der Waals surface area (Å²) in [4.78, 5) is 15.0. The number of carbonyl (C=O) groups excluding carboxylic acids is 1. The van der Waals surface area contributed by atoms with Gasteiger partial charge in [-0.2, -0.15) is 0 Å². The summed E-state index contributed by atoms with van der Waals surface area (Å²) in [6.07, 6.45) is 4.38. The summed E-state index contributed by atoms with van der Waals surface area (Å²) in [6.45, 7) is 6.53. The minimum absolute atomic E-state index is 0.0436. The van der Waals surface area contributed by atoms with Crippen LogP contribution >= 0.6 is 0 Å². The number of fused-ring (bicyclic) bond motifs is 1. The third-order valence-corrected chi connectivity index (χ3v) is 6.62. The van der Waals surface area contributed by atoms with Gasteiger partial charge in [-0.1, -0.05) is 12.8 Å². The van der Waals surface area contributed by atoms with Crippen LogP contribution < -0.4 is 4.72 Å². The number of amides is 1. The molecule has 0 bridgehead atoms. The Balaban J connectivity index is 1.77. The van der Waals surface area contributed by atoms with Crippen LogP contribution in [0.5, 0.6) is 0 Å². The number of ether oxygens (including phenoxy) is 1. The summed E-state index contributed by atoms with van der Waals surface area (Å²) in [5.74, 6) is -0.0436. The van der Waals surface area contributed by atoms with E-state index in [9.17, 15) is 13.2 Å². The van der Waals surface area contributed by atoms with Crippen molar-refractivity contribution in [3.8, 4) is 0 Å². The average Bonchev–Trinajstić information content (AvgIpc) is 2.59. The van der Waals surface area contributed by atoms with Crippen molar-refractivity contribution in [1.82, 2.24) is 9.62 Å². The number of nitrogens with one attached hydrogen (secondary N) is 1. The Bertz CT molecular complexity index is 751. The zero-order valence-electron chi connectivity index (χ0n) is 15.7. The van der Waals surface area contributed by atoms with Crippen LogP contribution in [0.4, 0.5) is 0 Å². The molecule has 0 aromatic heterocycles. The van der Waals surface area contributed by atoms with E-state index in [0.29, 0.717) is 18.7 Å². The lowest BCUT2D eigenvalue weighted by Gasteiger charge is -2.43. The molecular weight excluding hydrogens is 352 g/mol. The normalized spacial score (nSPS) is 24.2. The van der Waals surface area contributed by atoms with Crippen LogP contribution in [0.3, 0.4) is 0 Å². The first kappa shape index (κ1) is 19.3. The molecule has 2 unspecified atom stereocenters. The monoisotopic (exact) mass is 380 g/mol. The summed E-state index contributed by atoms with van der Waals surface area (Å²) < 4.78 is 33.2. The van der Waals surface area contributed by atoms with E-state index in [4.69, 9.17) is 4.74 Å². The summed E-state index contributed by atoms with van der Waals surface area (Å²) in [7, 11) is -3.60. The van der Waals surface area contributed by atoms with E-state index in [2.05, 4.69) is 4.72 Å². The molecule has 7 heteroatoms. The number of sulfonamides is 1. The molecule has 6 nitrogen and oxygen atoms in total. The van der Waals surface area contributed by atoms with Gasteiger partial charge in [0.25, 0.3) is 5.91 Å². The van der Waals surface area contributed by atoms with Crippen LogP contribution in [0.25, 0.3) is 0 Å². The highest BCUT2D eigenvalue weighted by Gasteiger charge is 2.37. The van der Waals surface area contributed by atoms with Gasteiger partial charge in [0, 0.05) is 17.6 Å². The molecule has 1 N–H and O–H groups in total. The molecule has 1 amide bonds. The molecule has 26 heavy (non-hydrogen) atoms. The van der Waals surface area contributed by atoms with Crippen molar-refractivity contribution < 1.29 is 17.9 Å².